The van der Waals surface area contributed by atoms with E-state index in [0.717, 1.165) is 0 Å². The number of hydrogen-bond acceptors (Lipinski definition) is 5. The predicted octanol–water partition coefficient (Wildman–Crippen LogP) is 1.06. The lowest BCUT2D eigenvalue weighted by atomic mass is 10.3. The molecule has 0 amide bonds. The summed E-state index contributed by atoms with van der Waals surface area (Å²) >= 11 is 5.79. The van der Waals surface area contributed by atoms with Gasteiger partial charge in [-0.3, -0.25) is 0 Å². The number of halogens is 1. The molecule has 15 heavy (non-hydrogen) atoms. The molecule has 0 bridgehead atoms. The maximum Gasteiger partial charge on any atom is 0.362 e. The molecule has 2 heterocycles. The Labute approximate surface area is 87.6 Å². The van der Waals surface area contributed by atoms with Gasteiger partial charge in [-0.05, 0) is 17.3 Å². The van der Waals surface area contributed by atoms with Gasteiger partial charge in [0.1, 0.15) is 5.52 Å². The van der Waals surface area contributed by atoms with Crippen molar-refractivity contribution in [2.24, 2.45) is 0 Å². The first-order valence-corrected chi connectivity index (χ1v) is 4.44. The van der Waals surface area contributed by atoms with Gasteiger partial charge in [0.2, 0.25) is 0 Å². The molecule has 0 spiro atoms. The summed E-state index contributed by atoms with van der Waals surface area (Å²) < 4.78 is 4.37. The van der Waals surface area contributed by atoms with Gasteiger partial charge in [0.05, 0.1) is 0 Å². The summed E-state index contributed by atoms with van der Waals surface area (Å²) in [4.78, 5) is 8.35. The van der Waals surface area contributed by atoms with Gasteiger partial charge in [0, 0.05) is 11.1 Å². The first-order valence-electron chi connectivity index (χ1n) is 4.07. The van der Waals surface area contributed by atoms with E-state index in [4.69, 9.17) is 11.6 Å². The largest absolute Gasteiger partial charge is 0.391 e. The Morgan fingerprint density at radius 1 is 1.27 bits per heavy atom. The maximum atomic E-state index is 11.1. The highest BCUT2D eigenvalue weighted by Gasteiger charge is 2.14. The van der Waals surface area contributed by atoms with Crippen LogP contribution < -0.4 is 4.90 Å². The van der Waals surface area contributed by atoms with Crippen LogP contribution in [0.2, 0.25) is 5.02 Å². The fourth-order valence-electron chi connectivity index (χ4n) is 1.31. The fraction of sp³-hybridized carbons (Fsp3) is 0. The van der Waals surface area contributed by atoms with E-state index in [2.05, 4.69) is 19.8 Å². The topological polar surface area (TPSA) is 78.8 Å². The molecule has 0 fully saturated rings. The van der Waals surface area contributed by atoms with Crippen LogP contribution in [0.5, 0.6) is 0 Å². The summed E-state index contributed by atoms with van der Waals surface area (Å²) in [5.41, 5.74) is 1.37. The summed E-state index contributed by atoms with van der Waals surface area (Å²) in [7, 11) is 0. The van der Waals surface area contributed by atoms with Crippen molar-refractivity contribution in [3.05, 3.63) is 28.4 Å². The lowest BCUT2D eigenvalue weighted by Crippen LogP contribution is -2.23. The van der Waals surface area contributed by atoms with E-state index in [1.165, 1.54) is 0 Å². The summed E-state index contributed by atoms with van der Waals surface area (Å²) in [6, 6.07) is 5.01. The number of hydrogen-bond donors (Lipinski definition) is 0. The zero-order chi connectivity index (χ0) is 10.4. The molecule has 3 rings (SSSR count). The number of aromatic nitrogens is 4. The molecule has 1 aromatic carbocycles. The van der Waals surface area contributed by atoms with Crippen molar-refractivity contribution in [1.82, 2.24) is 15.1 Å². The molecule has 0 unspecified atom stereocenters. The molecule has 3 aromatic rings. The number of fused-ring (bicyclic) bond motifs is 2. The third-order valence-electron chi connectivity index (χ3n) is 1.96. The summed E-state index contributed by atoms with van der Waals surface area (Å²) in [5, 5.41) is 15.1. The minimum Gasteiger partial charge on any atom is -0.391 e. The highest BCUT2D eigenvalue weighted by Crippen LogP contribution is 2.17. The molecule has 7 heteroatoms. The number of rotatable bonds is 0. The van der Waals surface area contributed by atoms with Gasteiger partial charge < -0.3 is 9.84 Å². The molecule has 0 aliphatic carbocycles. The molecule has 0 aliphatic rings. The third-order valence-corrected chi connectivity index (χ3v) is 2.20. The molecule has 6 nitrogen and oxygen atoms in total. The Morgan fingerprint density at radius 3 is 3.00 bits per heavy atom. The molecule has 0 aliphatic heterocycles. The molecule has 0 saturated carbocycles. The molecule has 0 atom stereocenters. The van der Waals surface area contributed by atoms with Gasteiger partial charge in [-0.15, -0.1) is 0 Å². The van der Waals surface area contributed by atoms with Gasteiger partial charge in [0.25, 0.3) is 0 Å². The average Bonchev–Trinajstić information content (AvgIpc) is 2.57. The van der Waals surface area contributed by atoms with E-state index in [9.17, 15) is 5.21 Å². The van der Waals surface area contributed by atoms with Crippen molar-refractivity contribution in [2.75, 3.05) is 0 Å². The van der Waals surface area contributed by atoms with Crippen LogP contribution in [0, 0.1) is 5.21 Å². The molecular formula is C8H3ClN4O2. The predicted molar refractivity (Wildman–Crippen MR) is 51.1 cm³/mol. The minimum atomic E-state index is 0.0461. The Balaban J connectivity index is 2.50. The van der Waals surface area contributed by atoms with Crippen molar-refractivity contribution in [2.45, 2.75) is 0 Å². The van der Waals surface area contributed by atoms with Gasteiger partial charge >= 0.3 is 11.3 Å². The Hall–Kier alpha value is -1.95. The minimum absolute atomic E-state index is 0.0461. The lowest BCUT2D eigenvalue weighted by molar-refractivity contribution is -0.783. The second-order valence-electron chi connectivity index (χ2n) is 2.93. The van der Waals surface area contributed by atoms with Crippen LogP contribution in [0.1, 0.15) is 0 Å². The first-order chi connectivity index (χ1) is 7.24. The fourth-order valence-corrected chi connectivity index (χ4v) is 1.47. The Morgan fingerprint density at radius 2 is 2.13 bits per heavy atom. The van der Waals surface area contributed by atoms with Gasteiger partial charge in [-0.2, -0.15) is 0 Å². The second kappa shape index (κ2) is 2.77. The normalized spacial score (nSPS) is 11.3. The SMILES string of the molecule is [O-][n+]1onc2nc3ccc(Cl)cc3nc21. The molecule has 0 saturated heterocycles. The highest BCUT2D eigenvalue weighted by atomic mass is 35.5. The van der Waals surface area contributed by atoms with E-state index in [-0.39, 0.29) is 16.2 Å². The van der Waals surface area contributed by atoms with E-state index in [1.54, 1.807) is 18.2 Å². The summed E-state index contributed by atoms with van der Waals surface area (Å²) in [5.74, 6) is 0. The molecule has 0 N–H and O–H groups in total. The van der Waals surface area contributed by atoms with Crippen LogP contribution in [-0.2, 0) is 0 Å². The zero-order valence-corrected chi connectivity index (χ0v) is 7.97. The van der Waals surface area contributed by atoms with E-state index in [1.807, 2.05) is 0 Å². The van der Waals surface area contributed by atoms with Gasteiger partial charge in [0.15, 0.2) is 5.52 Å². The van der Waals surface area contributed by atoms with Crippen LogP contribution in [0.15, 0.2) is 22.8 Å². The third kappa shape index (κ3) is 1.18. The van der Waals surface area contributed by atoms with Crippen LogP contribution in [-0.4, -0.2) is 15.1 Å². The van der Waals surface area contributed by atoms with Crippen molar-refractivity contribution < 1.29 is 9.53 Å². The van der Waals surface area contributed by atoms with Gasteiger partial charge in [-0.25, -0.2) is 4.98 Å². The Bertz CT molecular complexity index is 666. The van der Waals surface area contributed by atoms with Crippen molar-refractivity contribution in [3.63, 3.8) is 0 Å². The van der Waals surface area contributed by atoms with E-state index in [0.29, 0.717) is 16.1 Å². The first kappa shape index (κ1) is 8.37. The summed E-state index contributed by atoms with van der Waals surface area (Å²) in [6.45, 7) is 0. The smallest absolute Gasteiger partial charge is 0.362 e. The second-order valence-corrected chi connectivity index (χ2v) is 3.37. The Kier molecular flexibility index (Phi) is 1.54. The average molecular weight is 223 g/mol. The standard InChI is InChI=1S/C8H3ClN4O2/c9-4-1-2-5-6(3-4)11-8-7(10-5)12-15-13(8)14/h1-3H. The van der Waals surface area contributed by atoms with E-state index < -0.39 is 0 Å². The monoisotopic (exact) mass is 222 g/mol. The quantitative estimate of drug-likeness (QED) is 0.532. The van der Waals surface area contributed by atoms with Crippen molar-refractivity contribution in [1.29, 1.82) is 0 Å². The lowest BCUT2D eigenvalue weighted by Gasteiger charge is -1.92. The van der Waals surface area contributed by atoms with Crippen LogP contribution in [0.3, 0.4) is 0 Å². The number of benzene rings is 1. The zero-order valence-electron chi connectivity index (χ0n) is 7.22. The molecule has 0 radical (unpaired) electrons. The maximum absolute atomic E-state index is 11.1. The number of nitrogens with zero attached hydrogens (tertiary/aromatic N) is 4. The molecule has 2 aromatic heterocycles. The molecule has 74 valence electrons. The van der Waals surface area contributed by atoms with E-state index >= 15 is 0 Å². The van der Waals surface area contributed by atoms with Crippen molar-refractivity contribution >= 4 is 33.9 Å². The molecular weight excluding hydrogens is 220 g/mol. The van der Waals surface area contributed by atoms with Crippen LogP contribution in [0.25, 0.3) is 22.3 Å². The van der Waals surface area contributed by atoms with Crippen LogP contribution in [0.4, 0.5) is 0 Å². The highest BCUT2D eigenvalue weighted by molar-refractivity contribution is 6.31. The van der Waals surface area contributed by atoms with Crippen molar-refractivity contribution in [3.8, 4) is 0 Å². The van der Waals surface area contributed by atoms with Crippen LogP contribution >= 0.6 is 11.6 Å². The van der Waals surface area contributed by atoms with Gasteiger partial charge in [-0.1, -0.05) is 21.5 Å². The summed E-state index contributed by atoms with van der Waals surface area (Å²) in [6.07, 6.45) is 0.